The highest BCUT2D eigenvalue weighted by Gasteiger charge is 2.42. The molecular formula is C26H32N4O4. The van der Waals surface area contributed by atoms with Crippen molar-refractivity contribution in [2.75, 3.05) is 13.1 Å². The molecule has 4 rings (SSSR count). The number of amides is 3. The van der Waals surface area contributed by atoms with Gasteiger partial charge >= 0.3 is 6.09 Å². The molecule has 0 bridgehead atoms. The third-order valence-electron chi connectivity index (χ3n) is 6.45. The van der Waals surface area contributed by atoms with Crippen molar-refractivity contribution in [3.05, 3.63) is 65.7 Å². The molecule has 0 aromatic heterocycles. The lowest BCUT2D eigenvalue weighted by Gasteiger charge is -2.42. The van der Waals surface area contributed by atoms with E-state index in [2.05, 4.69) is 5.32 Å². The van der Waals surface area contributed by atoms with Crippen molar-refractivity contribution in [3.8, 4) is 5.75 Å². The number of carbonyl (C=O) groups excluding carboxylic acids is 3. The smallest absolute Gasteiger partial charge is 0.410 e. The average Bonchev–Trinajstić information content (AvgIpc) is 2.85. The van der Waals surface area contributed by atoms with E-state index < -0.39 is 12.3 Å². The molecule has 34 heavy (non-hydrogen) atoms. The van der Waals surface area contributed by atoms with Gasteiger partial charge in [0.2, 0.25) is 0 Å². The van der Waals surface area contributed by atoms with Crippen LogP contribution in [-0.4, -0.2) is 59.0 Å². The van der Waals surface area contributed by atoms with Crippen LogP contribution >= 0.6 is 0 Å². The maximum Gasteiger partial charge on any atom is 0.417 e. The van der Waals surface area contributed by atoms with Crippen LogP contribution in [0.5, 0.6) is 5.75 Å². The number of nitrogens with zero attached hydrogens (tertiary/aromatic N) is 2. The van der Waals surface area contributed by atoms with Crippen molar-refractivity contribution in [1.29, 1.82) is 0 Å². The van der Waals surface area contributed by atoms with Crippen LogP contribution in [0, 0.1) is 6.92 Å². The summed E-state index contributed by atoms with van der Waals surface area (Å²) in [6.45, 7) is 2.60. The van der Waals surface area contributed by atoms with Crippen LogP contribution in [-0.2, 0) is 4.79 Å². The minimum absolute atomic E-state index is 0.0304. The van der Waals surface area contributed by atoms with Crippen molar-refractivity contribution in [3.63, 3.8) is 0 Å². The van der Waals surface area contributed by atoms with Crippen molar-refractivity contribution in [2.24, 2.45) is 5.73 Å². The lowest BCUT2D eigenvalue weighted by molar-refractivity contribution is -0.133. The van der Waals surface area contributed by atoms with E-state index >= 15 is 0 Å². The highest BCUT2D eigenvalue weighted by atomic mass is 16.6. The van der Waals surface area contributed by atoms with Gasteiger partial charge in [0, 0.05) is 30.7 Å². The summed E-state index contributed by atoms with van der Waals surface area (Å²) in [4.78, 5) is 43.0. The van der Waals surface area contributed by atoms with Crippen molar-refractivity contribution in [1.82, 2.24) is 15.1 Å². The summed E-state index contributed by atoms with van der Waals surface area (Å²) < 4.78 is 5.54. The summed E-state index contributed by atoms with van der Waals surface area (Å²) in [5.74, 6) is -0.270. The van der Waals surface area contributed by atoms with E-state index in [4.69, 9.17) is 10.5 Å². The Labute approximate surface area is 200 Å². The standard InChI is InChI=1S/C26H32N4O4/c1-18-7-5-8-19(17-18)25(32)29-15-6-16-30(26(33)34-22-9-3-2-4-10-22)24(29)23(31)28-21-13-11-20(27)12-14-21/h2-5,7-10,17,20-21,24H,6,11-16,27H2,1H3,(H,28,31). The summed E-state index contributed by atoms with van der Waals surface area (Å²) in [5, 5.41) is 3.07. The Hall–Kier alpha value is -3.39. The summed E-state index contributed by atoms with van der Waals surface area (Å²) in [6, 6.07) is 16.1. The van der Waals surface area contributed by atoms with Gasteiger partial charge in [-0.2, -0.15) is 0 Å². The molecule has 1 heterocycles. The Morgan fingerprint density at radius 2 is 1.65 bits per heavy atom. The molecular weight excluding hydrogens is 432 g/mol. The van der Waals surface area contributed by atoms with Crippen LogP contribution in [0.15, 0.2) is 54.6 Å². The Bertz CT molecular complexity index is 1020. The average molecular weight is 465 g/mol. The zero-order valence-corrected chi connectivity index (χ0v) is 19.5. The van der Waals surface area contributed by atoms with Crippen LogP contribution < -0.4 is 15.8 Å². The van der Waals surface area contributed by atoms with Gasteiger partial charge in [-0.1, -0.05) is 35.9 Å². The Morgan fingerprint density at radius 1 is 0.941 bits per heavy atom. The molecule has 1 saturated heterocycles. The quantitative estimate of drug-likeness (QED) is 0.724. The second-order valence-electron chi connectivity index (χ2n) is 9.09. The van der Waals surface area contributed by atoms with E-state index in [9.17, 15) is 14.4 Å². The Kier molecular flexibility index (Phi) is 7.47. The molecule has 1 unspecified atom stereocenters. The van der Waals surface area contributed by atoms with Gasteiger partial charge in [-0.15, -0.1) is 0 Å². The number of nitrogens with two attached hydrogens (primary N) is 1. The number of rotatable bonds is 4. The van der Waals surface area contributed by atoms with Gasteiger partial charge in [0.1, 0.15) is 5.75 Å². The van der Waals surface area contributed by atoms with Crippen LogP contribution in [0.25, 0.3) is 0 Å². The maximum absolute atomic E-state index is 13.5. The Balaban J connectivity index is 1.59. The van der Waals surface area contributed by atoms with E-state index in [1.807, 2.05) is 25.1 Å². The SMILES string of the molecule is Cc1cccc(C(=O)N2CCCN(C(=O)Oc3ccccc3)C2C(=O)NC2CCC(N)CC2)c1. The van der Waals surface area contributed by atoms with Crippen LogP contribution in [0.4, 0.5) is 4.79 Å². The number of aryl methyl sites for hydroxylation is 1. The van der Waals surface area contributed by atoms with Crippen molar-refractivity contribution in [2.45, 2.75) is 57.3 Å². The molecule has 0 spiro atoms. The molecule has 2 aromatic carbocycles. The lowest BCUT2D eigenvalue weighted by Crippen LogP contribution is -2.65. The number of nitrogens with one attached hydrogen (secondary N) is 1. The van der Waals surface area contributed by atoms with E-state index in [0.717, 1.165) is 31.2 Å². The summed E-state index contributed by atoms with van der Waals surface area (Å²) in [7, 11) is 0. The number of carbonyl (C=O) groups is 3. The lowest BCUT2D eigenvalue weighted by atomic mass is 9.91. The predicted molar refractivity (Wildman–Crippen MR) is 128 cm³/mol. The van der Waals surface area contributed by atoms with Crippen LogP contribution in [0.1, 0.15) is 48.0 Å². The first kappa shape index (κ1) is 23.8. The van der Waals surface area contributed by atoms with Gasteiger partial charge in [0.25, 0.3) is 11.8 Å². The number of hydrogen-bond donors (Lipinski definition) is 2. The normalized spacial score (nSPS) is 22.7. The number of ether oxygens (including phenoxy) is 1. The fraction of sp³-hybridized carbons (Fsp3) is 0.423. The molecule has 3 N–H and O–H groups in total. The third-order valence-corrected chi connectivity index (χ3v) is 6.45. The van der Waals surface area contributed by atoms with Crippen LogP contribution in [0.3, 0.4) is 0 Å². The first-order valence-corrected chi connectivity index (χ1v) is 11.9. The first-order valence-electron chi connectivity index (χ1n) is 11.9. The molecule has 180 valence electrons. The second-order valence-corrected chi connectivity index (χ2v) is 9.09. The number of para-hydroxylation sites is 1. The largest absolute Gasteiger partial charge is 0.417 e. The number of benzene rings is 2. The molecule has 0 radical (unpaired) electrons. The molecule has 8 nitrogen and oxygen atoms in total. The summed E-state index contributed by atoms with van der Waals surface area (Å²) in [6.07, 6.45) is 2.03. The van der Waals surface area contributed by atoms with E-state index in [0.29, 0.717) is 30.8 Å². The maximum atomic E-state index is 13.5. The van der Waals surface area contributed by atoms with Crippen LogP contribution in [0.2, 0.25) is 0 Å². The molecule has 2 fully saturated rings. The zero-order chi connectivity index (χ0) is 24.1. The molecule has 3 amide bonds. The van der Waals surface area contributed by atoms with E-state index in [-0.39, 0.29) is 23.9 Å². The predicted octanol–water partition coefficient (Wildman–Crippen LogP) is 3.05. The highest BCUT2D eigenvalue weighted by molar-refractivity contribution is 5.98. The fourth-order valence-corrected chi connectivity index (χ4v) is 4.64. The molecule has 1 aliphatic heterocycles. The van der Waals surface area contributed by atoms with Gasteiger partial charge in [-0.3, -0.25) is 14.5 Å². The second kappa shape index (κ2) is 10.7. The van der Waals surface area contributed by atoms with Crippen molar-refractivity contribution >= 4 is 17.9 Å². The molecule has 1 atom stereocenters. The Morgan fingerprint density at radius 3 is 2.35 bits per heavy atom. The minimum atomic E-state index is -1.09. The first-order chi connectivity index (χ1) is 16.4. The van der Waals surface area contributed by atoms with E-state index in [1.165, 1.54) is 9.80 Å². The molecule has 2 aliphatic rings. The van der Waals surface area contributed by atoms with Gasteiger partial charge in [-0.05, 0) is 63.3 Å². The zero-order valence-electron chi connectivity index (χ0n) is 19.5. The molecule has 1 aliphatic carbocycles. The third kappa shape index (κ3) is 5.56. The summed E-state index contributed by atoms with van der Waals surface area (Å²) in [5.41, 5.74) is 7.44. The monoisotopic (exact) mass is 464 g/mol. The highest BCUT2D eigenvalue weighted by Crippen LogP contribution is 2.23. The van der Waals surface area contributed by atoms with E-state index in [1.54, 1.807) is 36.4 Å². The molecule has 8 heteroatoms. The molecule has 2 aromatic rings. The molecule has 1 saturated carbocycles. The minimum Gasteiger partial charge on any atom is -0.410 e. The van der Waals surface area contributed by atoms with Gasteiger partial charge < -0.3 is 20.7 Å². The summed E-state index contributed by atoms with van der Waals surface area (Å²) >= 11 is 0. The van der Waals surface area contributed by atoms with Gasteiger partial charge in [0.05, 0.1) is 0 Å². The topological polar surface area (TPSA) is 105 Å². The fourth-order valence-electron chi connectivity index (χ4n) is 4.64. The van der Waals surface area contributed by atoms with Crippen molar-refractivity contribution < 1.29 is 19.1 Å². The number of hydrogen-bond acceptors (Lipinski definition) is 5. The van der Waals surface area contributed by atoms with Gasteiger partial charge in [0.15, 0.2) is 6.17 Å². The van der Waals surface area contributed by atoms with Gasteiger partial charge in [-0.25, -0.2) is 4.79 Å².